The first-order valence-electron chi connectivity index (χ1n) is 10.3. The zero-order valence-electron chi connectivity index (χ0n) is 17.8. The molecule has 31 heavy (non-hydrogen) atoms. The molecule has 0 saturated carbocycles. The Balaban J connectivity index is 1.46. The number of hydrogen-bond acceptors (Lipinski definition) is 6. The average Bonchev–Trinajstić information content (AvgIpc) is 3.39. The average molecular weight is 421 g/mol. The normalized spacial score (nSPS) is 17.2. The minimum Gasteiger partial charge on any atom is -0.383 e. The second-order valence-electron chi connectivity index (χ2n) is 8.28. The first-order valence-corrected chi connectivity index (χ1v) is 10.3. The molecule has 1 atom stereocenters. The van der Waals surface area contributed by atoms with Crippen molar-refractivity contribution in [2.24, 2.45) is 0 Å². The van der Waals surface area contributed by atoms with Gasteiger partial charge in [-0.3, -0.25) is 9.48 Å². The molecule has 0 aliphatic carbocycles. The fraction of sp³-hybridized carbons (Fsp3) is 0.364. The van der Waals surface area contributed by atoms with Crippen LogP contribution in [0.5, 0.6) is 0 Å². The predicted octanol–water partition coefficient (Wildman–Crippen LogP) is 2.18. The van der Waals surface area contributed by atoms with Gasteiger partial charge in [0, 0.05) is 48.6 Å². The number of nitrogen functional groups attached to an aromatic ring is 1. The Hall–Kier alpha value is -3.49. The number of carbonyl (C=O) groups excluding carboxylic acids is 1. The highest BCUT2D eigenvalue weighted by atomic mass is 19.1. The molecule has 0 radical (unpaired) electrons. The van der Waals surface area contributed by atoms with Gasteiger partial charge in [0.1, 0.15) is 30.3 Å². The minimum absolute atomic E-state index is 0.0966. The van der Waals surface area contributed by atoms with E-state index in [-0.39, 0.29) is 24.2 Å². The number of amides is 1. The third-order valence-corrected chi connectivity index (χ3v) is 6.25. The summed E-state index contributed by atoms with van der Waals surface area (Å²) in [7, 11) is 1.91. The zero-order valence-corrected chi connectivity index (χ0v) is 17.8. The van der Waals surface area contributed by atoms with Crippen molar-refractivity contribution in [3.8, 4) is 0 Å². The molecular formula is C22H24FN7O. The van der Waals surface area contributed by atoms with Crippen molar-refractivity contribution in [1.29, 1.82) is 0 Å². The Morgan fingerprint density at radius 3 is 2.84 bits per heavy atom. The number of hydrogen-bond donors (Lipinski definition) is 1. The maximum atomic E-state index is 15.7. The number of nitrogens with two attached hydrogens (primary N) is 1. The van der Waals surface area contributed by atoms with Crippen LogP contribution in [0.2, 0.25) is 0 Å². The van der Waals surface area contributed by atoms with Gasteiger partial charge < -0.3 is 15.5 Å². The second-order valence-corrected chi connectivity index (χ2v) is 8.28. The Bertz CT molecular complexity index is 1200. The highest BCUT2D eigenvalue weighted by molar-refractivity contribution is 5.95. The number of rotatable bonds is 3. The summed E-state index contributed by atoms with van der Waals surface area (Å²) in [4.78, 5) is 25.0. The minimum atomic E-state index is -0.270. The van der Waals surface area contributed by atoms with Crippen LogP contribution in [0.15, 0.2) is 24.5 Å². The summed E-state index contributed by atoms with van der Waals surface area (Å²) in [5.41, 5.74) is 10.4. The molecule has 1 amide bonds. The molecule has 8 nitrogen and oxygen atoms in total. The van der Waals surface area contributed by atoms with Gasteiger partial charge >= 0.3 is 0 Å². The summed E-state index contributed by atoms with van der Waals surface area (Å²) < 4.78 is 17.3. The number of anilines is 3. The number of aryl methyl sites for hydroxylation is 2. The van der Waals surface area contributed by atoms with Gasteiger partial charge in [0.2, 0.25) is 5.91 Å². The molecule has 0 bridgehead atoms. The lowest BCUT2D eigenvalue weighted by molar-refractivity contribution is -0.119. The summed E-state index contributed by atoms with van der Waals surface area (Å²) in [5.74, 6) is 0.500. The van der Waals surface area contributed by atoms with Gasteiger partial charge in [0.25, 0.3) is 0 Å². The van der Waals surface area contributed by atoms with E-state index in [0.29, 0.717) is 42.1 Å². The van der Waals surface area contributed by atoms with Crippen molar-refractivity contribution in [1.82, 2.24) is 19.7 Å². The van der Waals surface area contributed by atoms with E-state index in [1.165, 1.54) is 6.33 Å². The van der Waals surface area contributed by atoms with Gasteiger partial charge in [0.05, 0.1) is 5.69 Å². The van der Waals surface area contributed by atoms with Gasteiger partial charge in [-0.05, 0) is 38.0 Å². The predicted molar refractivity (Wildman–Crippen MR) is 116 cm³/mol. The van der Waals surface area contributed by atoms with Crippen molar-refractivity contribution in [3.63, 3.8) is 0 Å². The second kappa shape index (κ2) is 7.04. The van der Waals surface area contributed by atoms with Crippen LogP contribution in [0.1, 0.15) is 34.0 Å². The van der Waals surface area contributed by atoms with Crippen LogP contribution in [0.4, 0.5) is 21.7 Å². The van der Waals surface area contributed by atoms with Gasteiger partial charge in [-0.15, -0.1) is 0 Å². The number of likely N-dealkylation sites (N-methyl/N-ethyl adjacent to an activating group) is 1. The third kappa shape index (κ3) is 3.03. The van der Waals surface area contributed by atoms with E-state index in [1.807, 2.05) is 37.9 Å². The molecule has 2 N–H and O–H groups in total. The van der Waals surface area contributed by atoms with Crippen LogP contribution in [0.25, 0.3) is 0 Å². The smallest absolute Gasteiger partial charge is 0.248 e. The van der Waals surface area contributed by atoms with Crippen LogP contribution in [-0.2, 0) is 17.8 Å². The van der Waals surface area contributed by atoms with Crippen LogP contribution in [0, 0.1) is 19.7 Å². The number of nitrogens with zero attached hydrogens (tertiary/aromatic N) is 6. The highest BCUT2D eigenvalue weighted by Gasteiger charge is 2.36. The molecule has 0 saturated heterocycles. The molecule has 1 unspecified atom stereocenters. The van der Waals surface area contributed by atoms with Gasteiger partial charge in [-0.2, -0.15) is 5.10 Å². The molecule has 9 heteroatoms. The van der Waals surface area contributed by atoms with Crippen LogP contribution in [0.3, 0.4) is 0 Å². The van der Waals surface area contributed by atoms with E-state index in [4.69, 9.17) is 5.73 Å². The lowest BCUT2D eigenvalue weighted by Gasteiger charge is -2.20. The molecule has 5 rings (SSSR count). The van der Waals surface area contributed by atoms with E-state index in [2.05, 4.69) is 15.1 Å². The Morgan fingerprint density at radius 1 is 1.29 bits per heavy atom. The number of benzene rings is 1. The van der Waals surface area contributed by atoms with Gasteiger partial charge in [0.15, 0.2) is 0 Å². The molecular weight excluding hydrogens is 397 g/mol. The molecule has 1 aromatic carbocycles. The fourth-order valence-corrected chi connectivity index (χ4v) is 4.78. The Kier molecular flexibility index (Phi) is 4.42. The number of fused-ring (bicyclic) bond motifs is 2. The summed E-state index contributed by atoms with van der Waals surface area (Å²) in [6.45, 7) is 4.99. The molecule has 0 spiro atoms. The largest absolute Gasteiger partial charge is 0.383 e. The van der Waals surface area contributed by atoms with Crippen LogP contribution < -0.4 is 15.5 Å². The highest BCUT2D eigenvalue weighted by Crippen LogP contribution is 2.43. The van der Waals surface area contributed by atoms with Gasteiger partial charge in [-0.1, -0.05) is 6.07 Å². The number of carbonyl (C=O) groups is 1. The maximum Gasteiger partial charge on any atom is 0.248 e. The summed E-state index contributed by atoms with van der Waals surface area (Å²) in [6, 6.07) is 5.55. The number of halogens is 1. The zero-order chi connectivity index (χ0) is 21.9. The van der Waals surface area contributed by atoms with Crippen molar-refractivity contribution in [2.75, 3.05) is 35.7 Å². The molecule has 160 valence electrons. The van der Waals surface area contributed by atoms with Crippen LogP contribution in [-0.4, -0.2) is 45.8 Å². The Morgan fingerprint density at radius 2 is 2.10 bits per heavy atom. The molecule has 3 aromatic rings. The van der Waals surface area contributed by atoms with E-state index in [1.54, 1.807) is 15.6 Å². The van der Waals surface area contributed by atoms with E-state index in [0.717, 1.165) is 22.8 Å². The summed E-state index contributed by atoms with van der Waals surface area (Å²) in [5, 5.41) is 4.36. The molecule has 0 fully saturated rings. The lowest BCUT2D eigenvalue weighted by Crippen LogP contribution is -2.32. The van der Waals surface area contributed by atoms with Gasteiger partial charge in [-0.25, -0.2) is 14.4 Å². The van der Waals surface area contributed by atoms with Crippen LogP contribution >= 0.6 is 0 Å². The molecule has 2 aliphatic heterocycles. The summed E-state index contributed by atoms with van der Waals surface area (Å²) >= 11 is 0. The quantitative estimate of drug-likeness (QED) is 0.697. The number of aromatic nitrogens is 4. The van der Waals surface area contributed by atoms with Crippen molar-refractivity contribution < 1.29 is 9.18 Å². The third-order valence-electron chi connectivity index (χ3n) is 6.25. The maximum absolute atomic E-state index is 15.7. The molecule has 2 aliphatic rings. The van der Waals surface area contributed by atoms with Crippen molar-refractivity contribution in [2.45, 2.75) is 32.7 Å². The monoisotopic (exact) mass is 421 g/mol. The standard InChI is InChI=1S/C22H24FN7O/c1-12-8-13(2)30(27-12)10-18(31)29-7-6-15-17(29)5-4-14(20(15)23)16-9-28(3)22-19(16)21(24)25-11-26-22/h4-5,8,11,16H,6-7,9-10H2,1-3H3,(H2,24,25,26). The Labute approximate surface area is 179 Å². The van der Waals surface area contributed by atoms with E-state index < -0.39 is 0 Å². The fourth-order valence-electron chi connectivity index (χ4n) is 4.78. The first-order chi connectivity index (χ1) is 14.8. The SMILES string of the molecule is Cc1cc(C)n(CC(=O)N2CCc3c2ccc(C2CN(C)c4ncnc(N)c42)c3F)n1. The van der Waals surface area contributed by atoms with E-state index >= 15 is 4.39 Å². The van der Waals surface area contributed by atoms with Crippen molar-refractivity contribution in [3.05, 3.63) is 58.4 Å². The van der Waals surface area contributed by atoms with Crippen molar-refractivity contribution >= 4 is 23.2 Å². The molecule has 4 heterocycles. The van der Waals surface area contributed by atoms with E-state index in [9.17, 15) is 4.79 Å². The first kappa shape index (κ1) is 19.5. The lowest BCUT2D eigenvalue weighted by atomic mass is 9.91. The molecule has 2 aromatic heterocycles. The summed E-state index contributed by atoms with van der Waals surface area (Å²) in [6.07, 6.45) is 1.91. The topological polar surface area (TPSA) is 93.2 Å².